The van der Waals surface area contributed by atoms with Crippen molar-refractivity contribution in [3.63, 3.8) is 0 Å². The second kappa shape index (κ2) is 6.85. The number of hydrogen-bond donors (Lipinski definition) is 0. The molecule has 0 radical (unpaired) electrons. The van der Waals surface area contributed by atoms with Crippen LogP contribution in [-0.4, -0.2) is 43.4 Å². The smallest absolute Gasteiger partial charge is 0.257 e. The van der Waals surface area contributed by atoms with Crippen LogP contribution >= 0.6 is 0 Å². The summed E-state index contributed by atoms with van der Waals surface area (Å²) in [5, 5.41) is 0. The van der Waals surface area contributed by atoms with Gasteiger partial charge in [0.15, 0.2) is 0 Å². The Labute approximate surface area is 126 Å². The van der Waals surface area contributed by atoms with Crippen LogP contribution in [-0.2, 0) is 0 Å². The van der Waals surface area contributed by atoms with Crippen molar-refractivity contribution in [1.29, 1.82) is 0 Å². The van der Waals surface area contributed by atoms with Gasteiger partial charge in [-0.25, -0.2) is 4.39 Å². The van der Waals surface area contributed by atoms with Gasteiger partial charge in [0.2, 0.25) is 0 Å². The van der Waals surface area contributed by atoms with Crippen molar-refractivity contribution in [2.45, 2.75) is 19.3 Å². The zero-order chi connectivity index (χ0) is 15.4. The van der Waals surface area contributed by atoms with Crippen LogP contribution in [0.25, 0.3) is 0 Å². The normalized spacial score (nSPS) is 18.5. The third-order valence-corrected chi connectivity index (χ3v) is 3.90. The minimum Gasteiger partial charge on any atom is -0.315 e. The summed E-state index contributed by atoms with van der Waals surface area (Å²) < 4.78 is 13.0. The number of benzene rings is 1. The number of carbonyl (C=O) groups is 1. The predicted octanol–water partition coefficient (Wildman–Crippen LogP) is 3.14. The second-order valence-corrected chi connectivity index (χ2v) is 5.89. The molecule has 0 fully saturated rings. The Kier molecular flexibility index (Phi) is 5.12. The number of hydrogen-bond acceptors (Lipinski definition) is 2. The highest BCUT2D eigenvalue weighted by molar-refractivity contribution is 5.95. The maximum Gasteiger partial charge on any atom is 0.257 e. The molecule has 0 saturated heterocycles. The fraction of sp³-hybridized carbons (Fsp3) is 0.471. The Morgan fingerprint density at radius 1 is 1.24 bits per heavy atom. The van der Waals surface area contributed by atoms with Gasteiger partial charge in [-0.15, -0.1) is 0 Å². The van der Waals surface area contributed by atoms with Gasteiger partial charge in [-0.3, -0.25) is 4.79 Å². The molecule has 114 valence electrons. The minimum absolute atomic E-state index is 0.0769. The third kappa shape index (κ3) is 3.91. The van der Waals surface area contributed by atoms with E-state index in [1.807, 2.05) is 21.1 Å². The van der Waals surface area contributed by atoms with Crippen LogP contribution in [0.5, 0.6) is 0 Å². The molecular formula is C17H23FN2O. The van der Waals surface area contributed by atoms with Crippen LogP contribution < -0.4 is 0 Å². The van der Waals surface area contributed by atoms with Crippen LogP contribution in [0.1, 0.15) is 29.6 Å². The number of halogens is 1. The molecule has 1 aromatic carbocycles. The van der Waals surface area contributed by atoms with Gasteiger partial charge in [-0.2, -0.15) is 0 Å². The van der Waals surface area contributed by atoms with E-state index in [1.54, 1.807) is 17.0 Å². The van der Waals surface area contributed by atoms with Crippen molar-refractivity contribution in [3.8, 4) is 0 Å². The van der Waals surface area contributed by atoms with Crippen molar-refractivity contribution >= 4 is 5.91 Å². The number of carbonyl (C=O) groups excluding carboxylic acids is 1. The first-order chi connectivity index (χ1) is 9.99. The summed E-state index contributed by atoms with van der Waals surface area (Å²) in [6.45, 7) is 0.937. The van der Waals surface area contributed by atoms with E-state index in [1.165, 1.54) is 18.6 Å². The van der Waals surface area contributed by atoms with Crippen molar-refractivity contribution in [2.75, 3.05) is 27.7 Å². The summed E-state index contributed by atoms with van der Waals surface area (Å²) >= 11 is 0. The van der Waals surface area contributed by atoms with E-state index in [0.29, 0.717) is 11.5 Å². The molecule has 0 spiro atoms. The van der Waals surface area contributed by atoms with Gasteiger partial charge in [0.1, 0.15) is 5.82 Å². The van der Waals surface area contributed by atoms with Gasteiger partial charge in [0.05, 0.1) is 0 Å². The summed E-state index contributed by atoms with van der Waals surface area (Å²) in [5.41, 5.74) is 1.61. The molecule has 1 aliphatic carbocycles. The fourth-order valence-electron chi connectivity index (χ4n) is 2.87. The molecule has 1 atom stereocenters. The molecule has 1 amide bonds. The Balaban J connectivity index is 2.16. The van der Waals surface area contributed by atoms with Crippen molar-refractivity contribution in [1.82, 2.24) is 9.80 Å². The molecule has 3 nitrogen and oxygen atoms in total. The Morgan fingerprint density at radius 2 is 1.90 bits per heavy atom. The molecule has 0 aromatic heterocycles. The molecule has 0 N–H and O–H groups in total. The quantitative estimate of drug-likeness (QED) is 0.850. The molecule has 2 rings (SSSR count). The standard InChI is InChI=1S/C17H23FN2O/c1-19(2)12-14-6-4-5-7-16(14)20(3)17(21)13-8-10-15(18)11-9-13/h7-11,14H,4-6,12H2,1-3H3/t14-/m0/s1. The summed E-state index contributed by atoms with van der Waals surface area (Å²) in [6.07, 6.45) is 5.45. The van der Waals surface area contributed by atoms with Crippen LogP contribution in [0, 0.1) is 11.7 Å². The first kappa shape index (κ1) is 15.7. The van der Waals surface area contributed by atoms with E-state index in [2.05, 4.69) is 11.0 Å². The summed E-state index contributed by atoms with van der Waals surface area (Å²) in [6, 6.07) is 5.73. The minimum atomic E-state index is -0.323. The second-order valence-electron chi connectivity index (χ2n) is 5.89. The van der Waals surface area contributed by atoms with Gasteiger partial charge >= 0.3 is 0 Å². The van der Waals surface area contributed by atoms with Crippen LogP contribution in [0.2, 0.25) is 0 Å². The van der Waals surface area contributed by atoms with E-state index >= 15 is 0 Å². The van der Waals surface area contributed by atoms with Gasteiger partial charge in [-0.05, 0) is 57.6 Å². The van der Waals surface area contributed by atoms with Gasteiger partial charge < -0.3 is 9.80 Å². The molecule has 21 heavy (non-hydrogen) atoms. The fourth-order valence-corrected chi connectivity index (χ4v) is 2.87. The van der Waals surface area contributed by atoms with Crippen LogP contribution in [0.15, 0.2) is 36.0 Å². The highest BCUT2D eigenvalue weighted by atomic mass is 19.1. The van der Waals surface area contributed by atoms with Crippen molar-refractivity contribution < 1.29 is 9.18 Å². The van der Waals surface area contributed by atoms with Crippen molar-refractivity contribution in [2.24, 2.45) is 5.92 Å². The van der Waals surface area contributed by atoms with Crippen molar-refractivity contribution in [3.05, 3.63) is 47.4 Å². The molecule has 0 unspecified atom stereocenters. The number of rotatable bonds is 4. The molecule has 0 bridgehead atoms. The van der Waals surface area contributed by atoms with Gasteiger partial charge in [-0.1, -0.05) is 6.08 Å². The first-order valence-corrected chi connectivity index (χ1v) is 7.37. The summed E-state index contributed by atoms with van der Waals surface area (Å²) in [7, 11) is 5.91. The lowest BCUT2D eigenvalue weighted by Gasteiger charge is -2.32. The number of amides is 1. The summed E-state index contributed by atoms with van der Waals surface area (Å²) in [4.78, 5) is 16.4. The molecule has 0 heterocycles. The van der Waals surface area contributed by atoms with E-state index in [-0.39, 0.29) is 11.7 Å². The topological polar surface area (TPSA) is 23.6 Å². The van der Waals surface area contributed by atoms with E-state index in [9.17, 15) is 9.18 Å². The zero-order valence-electron chi connectivity index (χ0n) is 13.0. The van der Waals surface area contributed by atoms with Gasteiger partial charge in [0.25, 0.3) is 5.91 Å². The highest BCUT2D eigenvalue weighted by Crippen LogP contribution is 2.28. The lowest BCUT2D eigenvalue weighted by Crippen LogP contribution is -2.35. The lowest BCUT2D eigenvalue weighted by atomic mass is 9.91. The largest absolute Gasteiger partial charge is 0.315 e. The molecule has 0 saturated carbocycles. The zero-order valence-corrected chi connectivity index (χ0v) is 13.0. The van der Waals surface area contributed by atoms with Crippen LogP contribution in [0.3, 0.4) is 0 Å². The lowest BCUT2D eigenvalue weighted by molar-refractivity contribution is 0.0813. The first-order valence-electron chi connectivity index (χ1n) is 7.37. The Morgan fingerprint density at radius 3 is 2.52 bits per heavy atom. The monoisotopic (exact) mass is 290 g/mol. The molecule has 1 aliphatic rings. The van der Waals surface area contributed by atoms with E-state index in [0.717, 1.165) is 25.1 Å². The molecular weight excluding hydrogens is 267 g/mol. The SMILES string of the molecule is CN(C)C[C@@H]1CCCC=C1N(C)C(=O)c1ccc(F)cc1. The Hall–Kier alpha value is -1.68. The molecule has 1 aromatic rings. The average molecular weight is 290 g/mol. The highest BCUT2D eigenvalue weighted by Gasteiger charge is 2.25. The maximum absolute atomic E-state index is 13.0. The van der Waals surface area contributed by atoms with E-state index < -0.39 is 0 Å². The van der Waals surface area contributed by atoms with Gasteiger partial charge in [0, 0.05) is 30.8 Å². The summed E-state index contributed by atoms with van der Waals surface area (Å²) in [5.74, 6) is -0.0216. The average Bonchev–Trinajstić information content (AvgIpc) is 2.46. The molecule has 4 heteroatoms. The van der Waals surface area contributed by atoms with E-state index in [4.69, 9.17) is 0 Å². The predicted molar refractivity (Wildman–Crippen MR) is 82.5 cm³/mol. The number of allylic oxidation sites excluding steroid dienone is 1. The molecule has 0 aliphatic heterocycles. The third-order valence-electron chi connectivity index (χ3n) is 3.90. The maximum atomic E-state index is 13.0. The number of nitrogens with zero attached hydrogens (tertiary/aromatic N) is 2. The Bertz CT molecular complexity index is 522. The van der Waals surface area contributed by atoms with Crippen LogP contribution in [0.4, 0.5) is 4.39 Å².